The Hall–Kier alpha value is -2.64. The van der Waals surface area contributed by atoms with Gasteiger partial charge in [-0.05, 0) is 51.2 Å². The zero-order valence-electron chi connectivity index (χ0n) is 17.6. The summed E-state index contributed by atoms with van der Waals surface area (Å²) in [6.45, 7) is 5.33. The molecular formula is C21H30N4O4. The zero-order chi connectivity index (χ0) is 21.1. The number of ether oxygens (including phenoxy) is 1. The molecule has 2 N–H and O–H groups in total. The molecule has 1 fully saturated rings. The summed E-state index contributed by atoms with van der Waals surface area (Å²) in [6.07, 6.45) is 5.15. The average molecular weight is 402 g/mol. The predicted molar refractivity (Wildman–Crippen MR) is 110 cm³/mol. The van der Waals surface area contributed by atoms with Crippen LogP contribution >= 0.6 is 0 Å². The van der Waals surface area contributed by atoms with Gasteiger partial charge in [0.2, 0.25) is 0 Å². The van der Waals surface area contributed by atoms with Gasteiger partial charge in [-0.15, -0.1) is 0 Å². The standard InChI is InChI=1S/C21H30N4O4/c1-12-16(13(2)22-19-18(12)21(28)24-25(19)4)10-11-17(26)29-14(3)20(27)23-15-8-6-5-7-9-15/h14-15H,5-11H2,1-4H3,(H,23,27)(H,24,28). The molecule has 3 rings (SSSR count). The number of amides is 1. The van der Waals surface area contributed by atoms with Crippen molar-refractivity contribution in [3.8, 4) is 0 Å². The highest BCUT2D eigenvalue weighted by Crippen LogP contribution is 2.21. The minimum atomic E-state index is -0.816. The second kappa shape index (κ2) is 8.80. The number of carbonyl (C=O) groups is 2. The quantitative estimate of drug-likeness (QED) is 0.721. The number of hydrogen-bond acceptors (Lipinski definition) is 5. The van der Waals surface area contributed by atoms with Crippen LogP contribution in [0.2, 0.25) is 0 Å². The molecule has 2 heterocycles. The highest BCUT2D eigenvalue weighted by Gasteiger charge is 2.23. The summed E-state index contributed by atoms with van der Waals surface area (Å²) in [6, 6.07) is 0.185. The third-order valence-corrected chi connectivity index (χ3v) is 5.78. The highest BCUT2D eigenvalue weighted by molar-refractivity contribution is 5.84. The van der Waals surface area contributed by atoms with Crippen LogP contribution in [0.5, 0.6) is 0 Å². The van der Waals surface area contributed by atoms with Crippen LogP contribution in [0.4, 0.5) is 0 Å². The first kappa shape index (κ1) is 21.1. The molecule has 0 aromatic carbocycles. The summed E-state index contributed by atoms with van der Waals surface area (Å²) in [5.74, 6) is -0.673. The Balaban J connectivity index is 1.59. The normalized spacial score (nSPS) is 16.0. The molecule has 2 aromatic rings. The predicted octanol–water partition coefficient (Wildman–Crippen LogP) is 2.19. The van der Waals surface area contributed by atoms with Gasteiger partial charge in [0.05, 0.1) is 5.39 Å². The fourth-order valence-electron chi connectivity index (χ4n) is 4.12. The van der Waals surface area contributed by atoms with Crippen molar-refractivity contribution in [2.45, 2.75) is 77.9 Å². The Morgan fingerprint density at radius 3 is 2.66 bits per heavy atom. The fourth-order valence-corrected chi connectivity index (χ4v) is 4.12. The third-order valence-electron chi connectivity index (χ3n) is 5.78. The summed E-state index contributed by atoms with van der Waals surface area (Å²) in [5, 5.41) is 6.23. The van der Waals surface area contributed by atoms with E-state index in [2.05, 4.69) is 15.4 Å². The van der Waals surface area contributed by atoms with Crippen LogP contribution in [0.15, 0.2) is 4.79 Å². The van der Waals surface area contributed by atoms with E-state index in [0.717, 1.165) is 42.5 Å². The van der Waals surface area contributed by atoms with Gasteiger partial charge in [-0.2, -0.15) is 0 Å². The lowest BCUT2D eigenvalue weighted by molar-refractivity contribution is -0.155. The number of rotatable bonds is 6. The number of hydrogen-bond donors (Lipinski definition) is 2. The average Bonchev–Trinajstić information content (AvgIpc) is 2.95. The first-order chi connectivity index (χ1) is 13.8. The number of fused-ring (bicyclic) bond motifs is 1. The van der Waals surface area contributed by atoms with E-state index in [1.807, 2.05) is 13.8 Å². The molecule has 0 radical (unpaired) electrons. The van der Waals surface area contributed by atoms with Crippen LogP contribution in [0.1, 0.15) is 62.3 Å². The molecule has 0 bridgehead atoms. The Morgan fingerprint density at radius 2 is 1.97 bits per heavy atom. The summed E-state index contributed by atoms with van der Waals surface area (Å²) in [7, 11) is 1.74. The van der Waals surface area contributed by atoms with Gasteiger partial charge < -0.3 is 10.1 Å². The van der Waals surface area contributed by atoms with E-state index in [9.17, 15) is 14.4 Å². The number of aryl methyl sites for hydroxylation is 3. The van der Waals surface area contributed by atoms with Gasteiger partial charge >= 0.3 is 5.97 Å². The summed E-state index contributed by atoms with van der Waals surface area (Å²) < 4.78 is 6.93. The number of pyridine rings is 1. The molecule has 29 heavy (non-hydrogen) atoms. The number of esters is 1. The van der Waals surface area contributed by atoms with E-state index >= 15 is 0 Å². The monoisotopic (exact) mass is 402 g/mol. The van der Waals surface area contributed by atoms with Crippen molar-refractivity contribution in [3.63, 3.8) is 0 Å². The van der Waals surface area contributed by atoms with Crippen LogP contribution in [0, 0.1) is 13.8 Å². The number of carbonyl (C=O) groups excluding carboxylic acids is 2. The molecule has 2 aromatic heterocycles. The zero-order valence-corrected chi connectivity index (χ0v) is 17.6. The van der Waals surface area contributed by atoms with E-state index in [-0.39, 0.29) is 23.9 Å². The number of nitrogens with zero attached hydrogens (tertiary/aromatic N) is 2. The topological polar surface area (TPSA) is 106 Å². The van der Waals surface area contributed by atoms with Crippen molar-refractivity contribution in [3.05, 3.63) is 27.2 Å². The lowest BCUT2D eigenvalue weighted by Gasteiger charge is -2.24. The second-order valence-electron chi connectivity index (χ2n) is 7.97. The van der Waals surface area contributed by atoms with Crippen molar-refractivity contribution in [1.82, 2.24) is 20.1 Å². The lowest BCUT2D eigenvalue weighted by atomic mass is 9.95. The maximum Gasteiger partial charge on any atom is 0.306 e. The summed E-state index contributed by atoms with van der Waals surface area (Å²) >= 11 is 0. The van der Waals surface area contributed by atoms with Crippen LogP contribution in [-0.2, 0) is 27.8 Å². The molecule has 1 amide bonds. The van der Waals surface area contributed by atoms with Crippen LogP contribution in [-0.4, -0.2) is 38.8 Å². The molecule has 1 atom stereocenters. The minimum absolute atomic E-state index is 0.126. The molecule has 8 heteroatoms. The third kappa shape index (κ3) is 4.68. The molecule has 1 saturated carbocycles. The van der Waals surface area contributed by atoms with Gasteiger partial charge in [0.25, 0.3) is 11.5 Å². The van der Waals surface area contributed by atoms with Crippen LogP contribution in [0.25, 0.3) is 11.0 Å². The van der Waals surface area contributed by atoms with E-state index in [0.29, 0.717) is 17.5 Å². The summed E-state index contributed by atoms with van der Waals surface area (Å²) in [4.78, 5) is 41.2. The van der Waals surface area contributed by atoms with Crippen molar-refractivity contribution in [2.24, 2.45) is 7.05 Å². The molecular weight excluding hydrogens is 372 g/mol. The van der Waals surface area contributed by atoms with Gasteiger partial charge in [-0.25, -0.2) is 4.98 Å². The Bertz CT molecular complexity index is 969. The largest absolute Gasteiger partial charge is 0.453 e. The number of aromatic nitrogens is 3. The maximum absolute atomic E-state index is 12.3. The van der Waals surface area contributed by atoms with E-state index in [4.69, 9.17) is 4.74 Å². The van der Waals surface area contributed by atoms with Gasteiger partial charge in [0.1, 0.15) is 0 Å². The number of H-pyrrole nitrogens is 1. The molecule has 1 aliphatic carbocycles. The van der Waals surface area contributed by atoms with E-state index in [1.165, 1.54) is 6.42 Å². The highest BCUT2D eigenvalue weighted by atomic mass is 16.5. The van der Waals surface area contributed by atoms with Gasteiger partial charge in [-0.3, -0.25) is 24.2 Å². The molecule has 1 unspecified atom stereocenters. The van der Waals surface area contributed by atoms with Gasteiger partial charge in [0, 0.05) is 25.2 Å². The molecule has 0 spiro atoms. The Kier molecular flexibility index (Phi) is 6.39. The van der Waals surface area contributed by atoms with Crippen molar-refractivity contribution >= 4 is 22.9 Å². The van der Waals surface area contributed by atoms with Crippen LogP contribution in [0.3, 0.4) is 0 Å². The molecule has 1 aliphatic rings. The number of nitrogens with one attached hydrogen (secondary N) is 2. The molecule has 0 saturated heterocycles. The second-order valence-corrected chi connectivity index (χ2v) is 7.97. The Labute approximate surface area is 170 Å². The van der Waals surface area contributed by atoms with Crippen molar-refractivity contribution in [1.29, 1.82) is 0 Å². The van der Waals surface area contributed by atoms with E-state index < -0.39 is 12.1 Å². The van der Waals surface area contributed by atoms with Crippen molar-refractivity contribution in [2.75, 3.05) is 0 Å². The van der Waals surface area contributed by atoms with Crippen LogP contribution < -0.4 is 10.9 Å². The van der Waals surface area contributed by atoms with E-state index in [1.54, 1.807) is 18.7 Å². The van der Waals surface area contributed by atoms with Crippen molar-refractivity contribution < 1.29 is 14.3 Å². The smallest absolute Gasteiger partial charge is 0.306 e. The van der Waals surface area contributed by atoms with Gasteiger partial charge in [-0.1, -0.05) is 19.3 Å². The first-order valence-corrected chi connectivity index (χ1v) is 10.3. The lowest BCUT2D eigenvalue weighted by Crippen LogP contribution is -2.42. The number of aromatic amines is 1. The first-order valence-electron chi connectivity index (χ1n) is 10.3. The minimum Gasteiger partial charge on any atom is -0.453 e. The van der Waals surface area contributed by atoms with Gasteiger partial charge in [0.15, 0.2) is 11.8 Å². The Morgan fingerprint density at radius 1 is 1.28 bits per heavy atom. The fraction of sp³-hybridized carbons (Fsp3) is 0.619. The molecule has 158 valence electrons. The maximum atomic E-state index is 12.3. The summed E-state index contributed by atoms with van der Waals surface area (Å²) in [5.41, 5.74) is 2.88. The molecule has 8 nitrogen and oxygen atoms in total. The molecule has 0 aliphatic heterocycles. The SMILES string of the molecule is Cc1nc2c(c(C)c1CCC(=O)OC(C)C(=O)NC1CCCCC1)c(=O)[nH]n2C.